The lowest BCUT2D eigenvalue weighted by atomic mass is 10.1. The smallest absolute Gasteiger partial charge is 0.251 e. The van der Waals surface area contributed by atoms with Gasteiger partial charge in [0, 0.05) is 12.1 Å². The summed E-state index contributed by atoms with van der Waals surface area (Å²) < 4.78 is 0. The molecule has 0 saturated heterocycles. The maximum absolute atomic E-state index is 11.9. The molecule has 0 aliphatic heterocycles. The van der Waals surface area contributed by atoms with Gasteiger partial charge in [0.15, 0.2) is 11.5 Å². The van der Waals surface area contributed by atoms with Gasteiger partial charge in [0.05, 0.1) is 0 Å². The van der Waals surface area contributed by atoms with Crippen molar-refractivity contribution in [2.24, 2.45) is 0 Å². The normalized spacial score (nSPS) is 10.2. The minimum atomic E-state index is -0.146. The second kappa shape index (κ2) is 6.10. The molecule has 4 nitrogen and oxygen atoms in total. The molecule has 3 N–H and O–H groups in total. The highest BCUT2D eigenvalue weighted by Gasteiger charge is 2.05. The van der Waals surface area contributed by atoms with Gasteiger partial charge in [0.2, 0.25) is 0 Å². The monoisotopic (exact) mass is 271 g/mol. The van der Waals surface area contributed by atoms with Gasteiger partial charge in [-0.15, -0.1) is 0 Å². The van der Waals surface area contributed by atoms with Crippen LogP contribution < -0.4 is 5.32 Å². The molecule has 1 amide bonds. The van der Waals surface area contributed by atoms with Gasteiger partial charge in [-0.1, -0.05) is 23.8 Å². The Balaban J connectivity index is 1.89. The van der Waals surface area contributed by atoms with Crippen molar-refractivity contribution < 1.29 is 15.0 Å². The predicted molar refractivity (Wildman–Crippen MR) is 77.0 cm³/mol. The predicted octanol–water partition coefficient (Wildman–Crippen LogP) is 2.38. The molecule has 0 radical (unpaired) electrons. The van der Waals surface area contributed by atoms with Gasteiger partial charge in [-0.05, 0) is 43.2 Å². The zero-order valence-electron chi connectivity index (χ0n) is 11.3. The summed E-state index contributed by atoms with van der Waals surface area (Å²) in [5, 5.41) is 21.4. The molecule has 4 heteroatoms. The van der Waals surface area contributed by atoms with Crippen LogP contribution in [0.25, 0.3) is 0 Å². The van der Waals surface area contributed by atoms with Crippen molar-refractivity contribution in [3.8, 4) is 11.5 Å². The highest BCUT2D eigenvalue weighted by molar-refractivity contribution is 5.94. The third-order valence-corrected chi connectivity index (χ3v) is 3.02. The summed E-state index contributed by atoms with van der Waals surface area (Å²) in [6.45, 7) is 2.41. The van der Waals surface area contributed by atoms with Gasteiger partial charge in [0.1, 0.15) is 0 Å². The molecule has 2 aromatic carbocycles. The summed E-state index contributed by atoms with van der Waals surface area (Å²) in [5.41, 5.74) is 2.53. The number of benzene rings is 2. The highest BCUT2D eigenvalue weighted by Crippen LogP contribution is 2.24. The number of carbonyl (C=O) groups is 1. The maximum atomic E-state index is 11.9. The molecule has 0 atom stereocenters. The molecule has 0 spiro atoms. The van der Waals surface area contributed by atoms with Crippen LogP contribution in [0.4, 0.5) is 0 Å². The lowest BCUT2D eigenvalue weighted by Gasteiger charge is -2.07. The summed E-state index contributed by atoms with van der Waals surface area (Å²) >= 11 is 0. The minimum absolute atomic E-state index is 0.114. The fourth-order valence-corrected chi connectivity index (χ4v) is 1.93. The minimum Gasteiger partial charge on any atom is -0.504 e. The number of carbonyl (C=O) groups excluding carboxylic acids is 1. The van der Waals surface area contributed by atoms with Crippen molar-refractivity contribution in [1.82, 2.24) is 5.32 Å². The van der Waals surface area contributed by atoms with Crippen LogP contribution in [0.2, 0.25) is 0 Å². The molecule has 0 aliphatic carbocycles. The van der Waals surface area contributed by atoms with Crippen LogP contribution >= 0.6 is 0 Å². The fourth-order valence-electron chi connectivity index (χ4n) is 1.93. The van der Waals surface area contributed by atoms with E-state index in [1.54, 1.807) is 12.1 Å². The summed E-state index contributed by atoms with van der Waals surface area (Å²) in [7, 11) is 0. The molecule has 0 heterocycles. The van der Waals surface area contributed by atoms with Crippen LogP contribution in [0.1, 0.15) is 21.5 Å². The van der Waals surface area contributed by atoms with Gasteiger partial charge >= 0.3 is 0 Å². The van der Waals surface area contributed by atoms with Crippen LogP contribution in [0.3, 0.4) is 0 Å². The lowest BCUT2D eigenvalue weighted by Crippen LogP contribution is -2.25. The molecule has 0 saturated carbocycles. The number of aromatic hydroxyl groups is 2. The third-order valence-electron chi connectivity index (χ3n) is 3.02. The van der Waals surface area contributed by atoms with Crippen LogP contribution in [0, 0.1) is 6.92 Å². The first kappa shape index (κ1) is 13.9. The molecule has 0 fully saturated rings. The van der Waals surface area contributed by atoms with Crippen LogP contribution in [0.5, 0.6) is 11.5 Å². The van der Waals surface area contributed by atoms with Crippen molar-refractivity contribution in [2.75, 3.05) is 6.54 Å². The Labute approximate surface area is 117 Å². The second-order valence-corrected chi connectivity index (χ2v) is 4.70. The Kier molecular flexibility index (Phi) is 4.25. The van der Waals surface area contributed by atoms with Crippen molar-refractivity contribution in [3.63, 3.8) is 0 Å². The number of aryl methyl sites for hydroxylation is 1. The van der Waals surface area contributed by atoms with Gasteiger partial charge in [0.25, 0.3) is 5.91 Å². The van der Waals surface area contributed by atoms with E-state index in [0.717, 1.165) is 11.1 Å². The largest absolute Gasteiger partial charge is 0.504 e. The second-order valence-electron chi connectivity index (χ2n) is 4.70. The van der Waals surface area contributed by atoms with E-state index in [4.69, 9.17) is 0 Å². The van der Waals surface area contributed by atoms with Crippen molar-refractivity contribution >= 4 is 5.91 Å². The molecule has 104 valence electrons. The molecule has 0 bridgehead atoms. The maximum Gasteiger partial charge on any atom is 0.251 e. The van der Waals surface area contributed by atoms with Crippen LogP contribution in [-0.2, 0) is 6.42 Å². The van der Waals surface area contributed by atoms with E-state index in [0.29, 0.717) is 18.5 Å². The molecule has 2 rings (SSSR count). The fraction of sp³-hybridized carbons (Fsp3) is 0.188. The van der Waals surface area contributed by atoms with Gasteiger partial charge in [-0.25, -0.2) is 0 Å². The Hall–Kier alpha value is -2.49. The Morgan fingerprint density at radius 2 is 1.90 bits per heavy atom. The SMILES string of the molecule is Cc1cccc(C(=O)NCCc2ccc(O)c(O)c2)c1. The molecule has 2 aromatic rings. The standard InChI is InChI=1S/C16H17NO3/c1-11-3-2-4-13(9-11)16(20)17-8-7-12-5-6-14(18)15(19)10-12/h2-6,9-10,18-19H,7-8H2,1H3,(H,17,20). The topological polar surface area (TPSA) is 69.6 Å². The van der Waals surface area contributed by atoms with E-state index in [1.165, 1.54) is 12.1 Å². The van der Waals surface area contributed by atoms with E-state index in [9.17, 15) is 15.0 Å². The summed E-state index contributed by atoms with van der Waals surface area (Å²) in [6, 6.07) is 12.0. The molecule has 0 aromatic heterocycles. The number of hydrogen-bond acceptors (Lipinski definition) is 3. The Morgan fingerprint density at radius 1 is 1.10 bits per heavy atom. The average molecular weight is 271 g/mol. The number of phenols is 2. The quantitative estimate of drug-likeness (QED) is 0.748. The third kappa shape index (κ3) is 3.51. The highest BCUT2D eigenvalue weighted by atomic mass is 16.3. The van der Waals surface area contributed by atoms with Gasteiger partial charge in [-0.2, -0.15) is 0 Å². The van der Waals surface area contributed by atoms with Gasteiger partial charge < -0.3 is 15.5 Å². The molecule has 0 aliphatic rings. The molecular formula is C16H17NO3. The van der Waals surface area contributed by atoms with Gasteiger partial charge in [-0.3, -0.25) is 4.79 Å². The number of rotatable bonds is 4. The summed E-state index contributed by atoms with van der Waals surface area (Å²) in [6.07, 6.45) is 0.589. The first-order valence-electron chi connectivity index (χ1n) is 6.42. The van der Waals surface area contributed by atoms with Crippen LogP contribution in [0.15, 0.2) is 42.5 Å². The number of phenolic OH excluding ortho intramolecular Hbond substituents is 2. The zero-order chi connectivity index (χ0) is 14.5. The first-order chi connectivity index (χ1) is 9.56. The number of nitrogens with one attached hydrogen (secondary N) is 1. The van der Waals surface area contributed by atoms with Crippen molar-refractivity contribution in [3.05, 3.63) is 59.2 Å². The Morgan fingerprint density at radius 3 is 2.60 bits per heavy atom. The summed E-state index contributed by atoms with van der Waals surface area (Å²) in [4.78, 5) is 11.9. The van der Waals surface area contributed by atoms with E-state index >= 15 is 0 Å². The zero-order valence-corrected chi connectivity index (χ0v) is 11.3. The van der Waals surface area contributed by atoms with E-state index in [-0.39, 0.29) is 17.4 Å². The first-order valence-corrected chi connectivity index (χ1v) is 6.42. The lowest BCUT2D eigenvalue weighted by molar-refractivity contribution is 0.0954. The van der Waals surface area contributed by atoms with Crippen LogP contribution in [-0.4, -0.2) is 22.7 Å². The van der Waals surface area contributed by atoms with Crippen molar-refractivity contribution in [2.45, 2.75) is 13.3 Å². The average Bonchev–Trinajstić information content (AvgIpc) is 2.42. The number of amides is 1. The molecular weight excluding hydrogens is 254 g/mol. The van der Waals surface area contributed by atoms with E-state index in [2.05, 4.69) is 5.32 Å². The van der Waals surface area contributed by atoms with E-state index in [1.807, 2.05) is 25.1 Å². The van der Waals surface area contributed by atoms with E-state index < -0.39 is 0 Å². The number of hydrogen-bond donors (Lipinski definition) is 3. The summed E-state index contributed by atoms with van der Waals surface area (Å²) in [5.74, 6) is -0.401. The molecule has 0 unspecified atom stereocenters. The Bertz CT molecular complexity index is 623. The molecule has 20 heavy (non-hydrogen) atoms. The van der Waals surface area contributed by atoms with Crippen molar-refractivity contribution in [1.29, 1.82) is 0 Å².